The molecular weight excluding hydrogens is 236 g/mol. The molecule has 0 amide bonds. The van der Waals surface area contributed by atoms with Crippen molar-refractivity contribution in [2.75, 3.05) is 18.8 Å². The molecule has 19 heavy (non-hydrogen) atoms. The summed E-state index contributed by atoms with van der Waals surface area (Å²) in [6.07, 6.45) is 1.20. The van der Waals surface area contributed by atoms with Gasteiger partial charge in [0.1, 0.15) is 11.5 Å². The highest BCUT2D eigenvalue weighted by Gasteiger charge is 2.16. The molecule has 3 N–H and O–H groups in total. The normalized spacial score (nSPS) is 18.4. The summed E-state index contributed by atoms with van der Waals surface area (Å²) in [4.78, 5) is 0. The number of anilines is 1. The van der Waals surface area contributed by atoms with Gasteiger partial charge in [0, 0.05) is 12.2 Å². The Morgan fingerprint density at radius 1 is 1.05 bits per heavy atom. The molecule has 3 nitrogen and oxygen atoms in total. The van der Waals surface area contributed by atoms with E-state index in [-0.39, 0.29) is 0 Å². The lowest BCUT2D eigenvalue weighted by Crippen LogP contribution is -2.07. The Morgan fingerprint density at radius 3 is 2.63 bits per heavy atom. The molecule has 1 saturated heterocycles. The Hall–Kier alpha value is -2.00. The molecule has 3 rings (SSSR count). The number of nitrogen functional groups attached to an aromatic ring is 1. The monoisotopic (exact) mass is 254 g/mol. The number of benzene rings is 2. The zero-order valence-electron chi connectivity index (χ0n) is 10.8. The van der Waals surface area contributed by atoms with Gasteiger partial charge in [0.2, 0.25) is 0 Å². The first kappa shape index (κ1) is 12.1. The largest absolute Gasteiger partial charge is 0.457 e. The summed E-state index contributed by atoms with van der Waals surface area (Å²) in [5.74, 6) is 2.31. The Balaban J connectivity index is 1.77. The van der Waals surface area contributed by atoms with E-state index in [1.165, 1.54) is 12.0 Å². The van der Waals surface area contributed by atoms with Crippen molar-refractivity contribution in [2.45, 2.75) is 12.3 Å². The van der Waals surface area contributed by atoms with Gasteiger partial charge in [0.05, 0.1) is 0 Å². The Labute approximate surface area is 113 Å². The summed E-state index contributed by atoms with van der Waals surface area (Å²) in [5, 5.41) is 3.39. The topological polar surface area (TPSA) is 47.3 Å². The number of rotatable bonds is 3. The summed E-state index contributed by atoms with van der Waals surface area (Å²) in [5.41, 5.74) is 7.76. The average Bonchev–Trinajstić information content (AvgIpc) is 2.96. The molecule has 1 fully saturated rings. The maximum atomic E-state index is 5.86. The predicted molar refractivity (Wildman–Crippen MR) is 77.6 cm³/mol. The van der Waals surface area contributed by atoms with E-state index >= 15 is 0 Å². The van der Waals surface area contributed by atoms with Gasteiger partial charge in [0.15, 0.2) is 0 Å². The molecule has 1 aliphatic heterocycles. The van der Waals surface area contributed by atoms with Crippen LogP contribution in [0, 0.1) is 0 Å². The second-order valence-electron chi connectivity index (χ2n) is 4.93. The van der Waals surface area contributed by atoms with Crippen LogP contribution in [0.2, 0.25) is 0 Å². The number of nitrogens with one attached hydrogen (secondary N) is 1. The van der Waals surface area contributed by atoms with Gasteiger partial charge >= 0.3 is 0 Å². The van der Waals surface area contributed by atoms with Crippen molar-refractivity contribution in [3.8, 4) is 11.5 Å². The van der Waals surface area contributed by atoms with E-state index in [0.29, 0.717) is 5.92 Å². The third kappa shape index (κ3) is 2.88. The SMILES string of the molecule is Nc1ccc(Oc2cccc(C3CCNC3)c2)cc1. The second kappa shape index (κ2) is 5.33. The molecule has 1 unspecified atom stereocenters. The molecule has 0 bridgehead atoms. The van der Waals surface area contributed by atoms with Crippen LogP contribution in [0.25, 0.3) is 0 Å². The molecule has 0 aliphatic carbocycles. The van der Waals surface area contributed by atoms with Crippen molar-refractivity contribution in [3.63, 3.8) is 0 Å². The van der Waals surface area contributed by atoms with E-state index in [2.05, 4.69) is 23.5 Å². The standard InChI is InChI=1S/C16H18N2O/c17-14-4-6-15(7-5-14)19-16-3-1-2-12(10-16)13-8-9-18-11-13/h1-7,10,13,18H,8-9,11,17H2. The first-order valence-corrected chi connectivity index (χ1v) is 6.65. The van der Waals surface area contributed by atoms with Crippen LogP contribution in [0.4, 0.5) is 5.69 Å². The van der Waals surface area contributed by atoms with E-state index < -0.39 is 0 Å². The number of hydrogen-bond donors (Lipinski definition) is 2. The number of hydrogen-bond acceptors (Lipinski definition) is 3. The molecule has 0 radical (unpaired) electrons. The van der Waals surface area contributed by atoms with Gasteiger partial charge in [-0.1, -0.05) is 12.1 Å². The van der Waals surface area contributed by atoms with Crippen LogP contribution in [-0.2, 0) is 0 Å². The quantitative estimate of drug-likeness (QED) is 0.827. The summed E-state index contributed by atoms with van der Waals surface area (Å²) in [6, 6.07) is 15.8. The minimum Gasteiger partial charge on any atom is -0.457 e. The van der Waals surface area contributed by atoms with Crippen molar-refractivity contribution < 1.29 is 4.74 Å². The number of nitrogens with two attached hydrogens (primary N) is 1. The fourth-order valence-electron chi connectivity index (χ4n) is 2.44. The summed E-state index contributed by atoms with van der Waals surface area (Å²) in [7, 11) is 0. The number of ether oxygens (including phenoxy) is 1. The van der Waals surface area contributed by atoms with E-state index in [9.17, 15) is 0 Å². The Kier molecular flexibility index (Phi) is 3.38. The fraction of sp³-hybridized carbons (Fsp3) is 0.250. The minimum absolute atomic E-state index is 0.606. The van der Waals surface area contributed by atoms with Crippen LogP contribution < -0.4 is 15.8 Å². The van der Waals surface area contributed by atoms with E-state index in [4.69, 9.17) is 10.5 Å². The van der Waals surface area contributed by atoms with Crippen LogP contribution in [0.15, 0.2) is 48.5 Å². The zero-order valence-corrected chi connectivity index (χ0v) is 10.8. The van der Waals surface area contributed by atoms with Gasteiger partial charge in [-0.05, 0) is 60.8 Å². The van der Waals surface area contributed by atoms with Gasteiger partial charge in [-0.25, -0.2) is 0 Å². The summed E-state index contributed by atoms with van der Waals surface area (Å²) < 4.78 is 5.86. The molecule has 0 aromatic heterocycles. The van der Waals surface area contributed by atoms with E-state index in [1.807, 2.05) is 30.3 Å². The van der Waals surface area contributed by atoms with Gasteiger partial charge in [-0.2, -0.15) is 0 Å². The summed E-state index contributed by atoms with van der Waals surface area (Å²) >= 11 is 0. The summed E-state index contributed by atoms with van der Waals surface area (Å²) in [6.45, 7) is 2.17. The Bertz CT molecular complexity index is 545. The van der Waals surface area contributed by atoms with Crippen molar-refractivity contribution in [2.24, 2.45) is 0 Å². The van der Waals surface area contributed by atoms with Gasteiger partial charge in [-0.3, -0.25) is 0 Å². The third-order valence-electron chi connectivity index (χ3n) is 3.51. The van der Waals surface area contributed by atoms with Crippen LogP contribution >= 0.6 is 0 Å². The maximum absolute atomic E-state index is 5.86. The zero-order chi connectivity index (χ0) is 13.1. The van der Waals surface area contributed by atoms with E-state index in [0.717, 1.165) is 30.3 Å². The van der Waals surface area contributed by atoms with Gasteiger partial charge in [0.25, 0.3) is 0 Å². The van der Waals surface area contributed by atoms with Crippen LogP contribution in [0.1, 0.15) is 17.9 Å². The fourth-order valence-corrected chi connectivity index (χ4v) is 2.44. The predicted octanol–water partition coefficient (Wildman–Crippen LogP) is 3.14. The van der Waals surface area contributed by atoms with Crippen molar-refractivity contribution in [1.29, 1.82) is 0 Å². The van der Waals surface area contributed by atoms with Gasteiger partial charge in [-0.15, -0.1) is 0 Å². The molecule has 0 spiro atoms. The molecule has 1 atom stereocenters. The first-order valence-electron chi connectivity index (χ1n) is 6.65. The lowest BCUT2D eigenvalue weighted by Gasteiger charge is -2.11. The molecule has 0 saturated carbocycles. The Morgan fingerprint density at radius 2 is 1.89 bits per heavy atom. The lowest BCUT2D eigenvalue weighted by atomic mass is 9.98. The van der Waals surface area contributed by atoms with Crippen molar-refractivity contribution >= 4 is 5.69 Å². The molecule has 3 heteroatoms. The van der Waals surface area contributed by atoms with E-state index in [1.54, 1.807) is 0 Å². The van der Waals surface area contributed by atoms with Crippen molar-refractivity contribution in [1.82, 2.24) is 5.32 Å². The van der Waals surface area contributed by atoms with Gasteiger partial charge < -0.3 is 15.8 Å². The highest BCUT2D eigenvalue weighted by atomic mass is 16.5. The molecule has 1 heterocycles. The molecule has 2 aromatic rings. The average molecular weight is 254 g/mol. The smallest absolute Gasteiger partial charge is 0.127 e. The lowest BCUT2D eigenvalue weighted by molar-refractivity contribution is 0.481. The van der Waals surface area contributed by atoms with Crippen LogP contribution in [-0.4, -0.2) is 13.1 Å². The first-order chi connectivity index (χ1) is 9.31. The maximum Gasteiger partial charge on any atom is 0.127 e. The highest BCUT2D eigenvalue weighted by molar-refractivity contribution is 5.43. The minimum atomic E-state index is 0.606. The van der Waals surface area contributed by atoms with Crippen LogP contribution in [0.3, 0.4) is 0 Å². The molecular formula is C16H18N2O. The molecule has 1 aliphatic rings. The third-order valence-corrected chi connectivity index (χ3v) is 3.51. The molecule has 2 aromatic carbocycles. The van der Waals surface area contributed by atoms with Crippen LogP contribution in [0.5, 0.6) is 11.5 Å². The second-order valence-corrected chi connectivity index (χ2v) is 4.93. The molecule has 98 valence electrons. The highest BCUT2D eigenvalue weighted by Crippen LogP contribution is 2.28. The van der Waals surface area contributed by atoms with Crippen molar-refractivity contribution in [3.05, 3.63) is 54.1 Å².